The van der Waals surface area contributed by atoms with Gasteiger partial charge in [0.1, 0.15) is 5.75 Å². The van der Waals surface area contributed by atoms with Gasteiger partial charge in [0.25, 0.3) is 5.56 Å². The normalized spacial score (nSPS) is 12.3. The summed E-state index contributed by atoms with van der Waals surface area (Å²) in [6.07, 6.45) is 1.88. The van der Waals surface area contributed by atoms with Crippen LogP contribution in [0.5, 0.6) is 5.75 Å². The van der Waals surface area contributed by atoms with Gasteiger partial charge >= 0.3 is 0 Å². The average molecular weight is 383 g/mol. The summed E-state index contributed by atoms with van der Waals surface area (Å²) in [4.78, 5) is 18.7. The van der Waals surface area contributed by atoms with Gasteiger partial charge in [0.2, 0.25) is 4.96 Å². The summed E-state index contributed by atoms with van der Waals surface area (Å²) >= 11 is 2.95. The van der Waals surface area contributed by atoms with E-state index in [9.17, 15) is 4.79 Å². The number of nitrogens with zero attached hydrogens (tertiary/aromatic N) is 3. The highest BCUT2D eigenvalue weighted by Crippen LogP contribution is 2.21. The molecule has 3 heterocycles. The van der Waals surface area contributed by atoms with Crippen LogP contribution in [0.4, 0.5) is 0 Å². The quantitative estimate of drug-likeness (QED) is 0.530. The highest BCUT2D eigenvalue weighted by molar-refractivity contribution is 7.15. The minimum atomic E-state index is -0.131. The zero-order chi connectivity index (χ0) is 18.1. The van der Waals surface area contributed by atoms with E-state index in [2.05, 4.69) is 23.9 Å². The van der Waals surface area contributed by atoms with Crippen LogP contribution in [0.25, 0.3) is 22.4 Å². The molecule has 0 aliphatic rings. The van der Waals surface area contributed by atoms with Crippen molar-refractivity contribution in [1.82, 2.24) is 14.6 Å². The third kappa shape index (κ3) is 3.40. The van der Waals surface area contributed by atoms with E-state index in [-0.39, 0.29) is 5.56 Å². The van der Waals surface area contributed by atoms with Crippen molar-refractivity contribution in [3.8, 4) is 17.1 Å². The van der Waals surface area contributed by atoms with Crippen LogP contribution in [0, 0.1) is 5.92 Å². The number of thiophene rings is 1. The maximum atomic E-state index is 12.5. The van der Waals surface area contributed by atoms with E-state index < -0.39 is 0 Å². The second-order valence-corrected chi connectivity index (χ2v) is 8.28. The molecule has 0 amide bonds. The Morgan fingerprint density at radius 3 is 2.69 bits per heavy atom. The molecule has 4 aromatic rings. The Hall–Kier alpha value is -2.51. The Morgan fingerprint density at radius 2 is 2.04 bits per heavy atom. The lowest BCUT2D eigenvalue weighted by Gasteiger charge is -2.08. The van der Waals surface area contributed by atoms with E-state index in [0.717, 1.165) is 16.2 Å². The van der Waals surface area contributed by atoms with Crippen LogP contribution in [0.2, 0.25) is 0 Å². The summed E-state index contributed by atoms with van der Waals surface area (Å²) < 4.78 is 7.71. The molecule has 0 radical (unpaired) electrons. The minimum absolute atomic E-state index is 0.131. The Morgan fingerprint density at radius 1 is 1.23 bits per heavy atom. The topological polar surface area (TPSA) is 56.5 Å². The number of hydrogen-bond acceptors (Lipinski definition) is 6. The molecule has 7 heteroatoms. The fourth-order valence-corrected chi connectivity index (χ4v) is 4.05. The summed E-state index contributed by atoms with van der Waals surface area (Å²) in [6.45, 7) is 4.91. The molecule has 0 N–H and O–H groups in total. The van der Waals surface area contributed by atoms with Crippen LogP contribution < -0.4 is 14.8 Å². The molecular formula is C19H17N3O2S2. The van der Waals surface area contributed by atoms with Gasteiger partial charge in [0, 0.05) is 10.4 Å². The van der Waals surface area contributed by atoms with Crippen molar-refractivity contribution in [3.05, 3.63) is 61.5 Å². The van der Waals surface area contributed by atoms with Gasteiger partial charge in [0.05, 0.1) is 11.1 Å². The number of aromatic nitrogens is 3. The second kappa shape index (κ2) is 7.01. The number of benzene rings is 1. The predicted molar refractivity (Wildman–Crippen MR) is 106 cm³/mol. The van der Waals surface area contributed by atoms with Crippen molar-refractivity contribution >= 4 is 33.7 Å². The van der Waals surface area contributed by atoms with Gasteiger partial charge < -0.3 is 4.74 Å². The summed E-state index contributed by atoms with van der Waals surface area (Å²) in [7, 11) is 0. The van der Waals surface area contributed by atoms with Crippen molar-refractivity contribution < 1.29 is 4.74 Å². The van der Waals surface area contributed by atoms with E-state index in [4.69, 9.17) is 4.74 Å². The molecule has 0 saturated heterocycles. The minimum Gasteiger partial charge on any atom is -0.493 e. The lowest BCUT2D eigenvalue weighted by Crippen LogP contribution is -2.23. The fraction of sp³-hybridized carbons (Fsp3) is 0.211. The first-order chi connectivity index (χ1) is 12.6. The van der Waals surface area contributed by atoms with E-state index in [1.165, 1.54) is 15.9 Å². The third-order valence-electron chi connectivity index (χ3n) is 3.69. The van der Waals surface area contributed by atoms with Crippen LogP contribution in [-0.2, 0) is 0 Å². The van der Waals surface area contributed by atoms with Crippen LogP contribution >= 0.6 is 22.7 Å². The molecule has 0 fully saturated rings. The van der Waals surface area contributed by atoms with Gasteiger partial charge in [-0.05, 0) is 47.7 Å². The Labute approximate surface area is 158 Å². The van der Waals surface area contributed by atoms with Crippen LogP contribution in [0.1, 0.15) is 18.7 Å². The number of ether oxygens (including phenoxy) is 1. The Kier molecular flexibility index (Phi) is 4.57. The van der Waals surface area contributed by atoms with E-state index >= 15 is 0 Å². The monoisotopic (exact) mass is 383 g/mol. The highest BCUT2D eigenvalue weighted by Gasteiger charge is 2.12. The van der Waals surface area contributed by atoms with Crippen LogP contribution in [-0.4, -0.2) is 21.2 Å². The standard InChI is InChI=1S/C19H17N3O2S2/c1-12(2)11-24-14-7-5-13(6-8-14)17-20-19-22(21-17)18(23)16(26-19)10-15-4-3-9-25-15/h3-10,12H,11H2,1-2H3/b16-10-. The first-order valence-electron chi connectivity index (χ1n) is 8.28. The largest absolute Gasteiger partial charge is 0.493 e. The molecule has 3 aromatic heterocycles. The van der Waals surface area contributed by atoms with Crippen LogP contribution in [0.15, 0.2) is 46.6 Å². The molecule has 0 atom stereocenters. The third-order valence-corrected chi connectivity index (χ3v) is 5.47. The van der Waals surface area contributed by atoms with Gasteiger partial charge in [-0.3, -0.25) is 4.79 Å². The van der Waals surface area contributed by atoms with E-state index in [1.807, 2.05) is 47.9 Å². The predicted octanol–water partition coefficient (Wildman–Crippen LogP) is 3.46. The van der Waals surface area contributed by atoms with E-state index in [0.29, 0.717) is 27.8 Å². The number of thiazole rings is 1. The van der Waals surface area contributed by atoms with Crippen molar-refractivity contribution in [2.75, 3.05) is 6.61 Å². The molecule has 0 aliphatic heterocycles. The molecule has 5 nitrogen and oxygen atoms in total. The lowest BCUT2D eigenvalue weighted by atomic mass is 10.2. The molecular weight excluding hydrogens is 366 g/mol. The second-order valence-electron chi connectivity index (χ2n) is 6.29. The van der Waals surface area contributed by atoms with Gasteiger partial charge in [-0.15, -0.1) is 16.4 Å². The summed E-state index contributed by atoms with van der Waals surface area (Å²) in [5.41, 5.74) is 0.732. The van der Waals surface area contributed by atoms with Crippen molar-refractivity contribution in [1.29, 1.82) is 0 Å². The number of rotatable bonds is 5. The maximum absolute atomic E-state index is 12.5. The molecule has 1 aromatic carbocycles. The number of fused-ring (bicyclic) bond motifs is 1. The molecule has 0 unspecified atom stereocenters. The molecule has 0 aliphatic carbocycles. The van der Waals surface area contributed by atoms with Crippen molar-refractivity contribution in [3.63, 3.8) is 0 Å². The molecule has 0 bridgehead atoms. The summed E-state index contributed by atoms with van der Waals surface area (Å²) in [5, 5.41) is 6.37. The lowest BCUT2D eigenvalue weighted by molar-refractivity contribution is 0.271. The molecule has 4 rings (SSSR count). The van der Waals surface area contributed by atoms with Gasteiger partial charge in [-0.25, -0.2) is 0 Å². The zero-order valence-electron chi connectivity index (χ0n) is 14.4. The smallest absolute Gasteiger partial charge is 0.291 e. The highest BCUT2D eigenvalue weighted by atomic mass is 32.1. The van der Waals surface area contributed by atoms with Gasteiger partial charge in [0.15, 0.2) is 5.82 Å². The van der Waals surface area contributed by atoms with Crippen molar-refractivity contribution in [2.24, 2.45) is 5.92 Å². The van der Waals surface area contributed by atoms with Gasteiger partial charge in [-0.2, -0.15) is 9.50 Å². The molecule has 132 valence electrons. The maximum Gasteiger partial charge on any atom is 0.291 e. The summed E-state index contributed by atoms with van der Waals surface area (Å²) in [5.74, 6) is 1.85. The number of hydrogen-bond donors (Lipinski definition) is 0. The van der Waals surface area contributed by atoms with Crippen molar-refractivity contribution in [2.45, 2.75) is 13.8 Å². The molecule has 0 spiro atoms. The zero-order valence-corrected chi connectivity index (χ0v) is 16.0. The fourth-order valence-electron chi connectivity index (χ4n) is 2.42. The van der Waals surface area contributed by atoms with Crippen LogP contribution in [0.3, 0.4) is 0 Å². The first-order valence-corrected chi connectivity index (χ1v) is 9.98. The first kappa shape index (κ1) is 16.9. The molecule has 26 heavy (non-hydrogen) atoms. The van der Waals surface area contributed by atoms with Gasteiger partial charge in [-0.1, -0.05) is 31.3 Å². The average Bonchev–Trinajstić information content (AvgIpc) is 3.34. The summed E-state index contributed by atoms with van der Waals surface area (Å²) in [6, 6.07) is 11.6. The Balaban J connectivity index is 1.63. The Bertz CT molecular complexity index is 1130. The molecule has 0 saturated carbocycles. The van der Waals surface area contributed by atoms with E-state index in [1.54, 1.807) is 11.3 Å². The SMILES string of the molecule is CC(C)COc1ccc(-c2nc3s/c(=C\c4cccs4)c(=O)n3n2)cc1.